The van der Waals surface area contributed by atoms with Gasteiger partial charge in [-0.3, -0.25) is 0 Å². The van der Waals surface area contributed by atoms with Crippen LogP contribution in [0.2, 0.25) is 0 Å². The number of alkyl halides is 2. The third-order valence-corrected chi connectivity index (χ3v) is 2.80. The molecule has 0 saturated carbocycles. The lowest BCUT2D eigenvalue weighted by Gasteiger charge is -2.10. The van der Waals surface area contributed by atoms with Crippen LogP contribution in [0.15, 0.2) is 42.5 Å². The van der Waals surface area contributed by atoms with Crippen molar-refractivity contribution >= 4 is 11.7 Å². The zero-order valence-electron chi connectivity index (χ0n) is 11.7. The molecule has 2 aromatic carbocycles. The first-order valence-corrected chi connectivity index (χ1v) is 6.48. The number of hydrogen-bond donors (Lipinski definition) is 2. The Kier molecular flexibility index (Phi) is 5.40. The van der Waals surface area contributed by atoms with Crippen molar-refractivity contribution in [3.05, 3.63) is 59.7 Å². The maximum absolute atomic E-state index is 13.4. The number of halogens is 4. The summed E-state index contributed by atoms with van der Waals surface area (Å²) in [4.78, 5) is 11.6. The minimum Gasteiger partial charge on any atom is -0.435 e. The van der Waals surface area contributed by atoms with Gasteiger partial charge in [0.05, 0.1) is 0 Å². The number of nitrogens with one attached hydrogen (secondary N) is 2. The molecule has 23 heavy (non-hydrogen) atoms. The smallest absolute Gasteiger partial charge is 0.387 e. The van der Waals surface area contributed by atoms with Crippen molar-refractivity contribution in [3.8, 4) is 5.75 Å². The first kappa shape index (κ1) is 16.6. The second-order valence-corrected chi connectivity index (χ2v) is 4.43. The van der Waals surface area contributed by atoms with Crippen molar-refractivity contribution < 1.29 is 27.1 Å². The van der Waals surface area contributed by atoms with E-state index in [9.17, 15) is 22.4 Å². The molecule has 8 heteroatoms. The lowest BCUT2D eigenvalue weighted by atomic mass is 10.2. The second kappa shape index (κ2) is 7.48. The molecule has 2 aromatic rings. The number of rotatable bonds is 5. The van der Waals surface area contributed by atoms with E-state index in [-0.39, 0.29) is 12.3 Å². The van der Waals surface area contributed by atoms with Gasteiger partial charge >= 0.3 is 12.6 Å². The Morgan fingerprint density at radius 2 is 1.65 bits per heavy atom. The number of carbonyl (C=O) groups is 1. The van der Waals surface area contributed by atoms with Crippen LogP contribution in [0, 0.1) is 11.6 Å². The molecule has 2 rings (SSSR count). The minimum atomic E-state index is -2.92. The Morgan fingerprint density at radius 1 is 1.04 bits per heavy atom. The van der Waals surface area contributed by atoms with Crippen LogP contribution >= 0.6 is 0 Å². The minimum absolute atomic E-state index is 0.0124. The van der Waals surface area contributed by atoms with Gasteiger partial charge in [0.1, 0.15) is 23.1 Å². The molecule has 0 bridgehead atoms. The van der Waals surface area contributed by atoms with Crippen LogP contribution in [0.3, 0.4) is 0 Å². The summed E-state index contributed by atoms with van der Waals surface area (Å²) in [5, 5.41) is 4.45. The van der Waals surface area contributed by atoms with Crippen LogP contribution in [-0.2, 0) is 6.54 Å². The highest BCUT2D eigenvalue weighted by Crippen LogP contribution is 2.18. The Hall–Kier alpha value is -2.77. The van der Waals surface area contributed by atoms with E-state index < -0.39 is 30.0 Å². The van der Waals surface area contributed by atoms with Crippen molar-refractivity contribution in [1.29, 1.82) is 0 Å². The predicted molar refractivity (Wildman–Crippen MR) is 75.3 cm³/mol. The van der Waals surface area contributed by atoms with Gasteiger partial charge in [-0.2, -0.15) is 8.78 Å². The van der Waals surface area contributed by atoms with Crippen LogP contribution < -0.4 is 15.4 Å². The third kappa shape index (κ3) is 4.87. The van der Waals surface area contributed by atoms with E-state index in [0.29, 0.717) is 5.56 Å². The van der Waals surface area contributed by atoms with E-state index in [4.69, 9.17) is 0 Å². The Morgan fingerprint density at radius 3 is 2.22 bits per heavy atom. The molecule has 0 radical (unpaired) electrons. The number of carbonyl (C=O) groups excluding carboxylic acids is 1. The molecule has 0 unspecified atom stereocenters. The molecule has 0 spiro atoms. The fourth-order valence-corrected chi connectivity index (χ4v) is 1.75. The fourth-order valence-electron chi connectivity index (χ4n) is 1.75. The molecular formula is C15H12F4N2O2. The molecule has 0 aliphatic carbocycles. The van der Waals surface area contributed by atoms with Crippen LogP contribution in [0.25, 0.3) is 0 Å². The second-order valence-electron chi connectivity index (χ2n) is 4.43. The molecule has 0 aromatic heterocycles. The van der Waals surface area contributed by atoms with Crippen LogP contribution in [-0.4, -0.2) is 12.6 Å². The molecule has 0 fully saturated rings. The van der Waals surface area contributed by atoms with Gasteiger partial charge in [0, 0.05) is 6.54 Å². The Labute approximate surface area is 129 Å². The molecule has 0 saturated heterocycles. The number of hydrogen-bond acceptors (Lipinski definition) is 2. The molecular weight excluding hydrogens is 316 g/mol. The van der Waals surface area contributed by atoms with E-state index in [2.05, 4.69) is 15.4 Å². The van der Waals surface area contributed by atoms with Crippen LogP contribution in [0.4, 0.5) is 28.0 Å². The maximum atomic E-state index is 13.4. The zero-order valence-corrected chi connectivity index (χ0v) is 11.7. The largest absolute Gasteiger partial charge is 0.435 e. The Bertz CT molecular complexity index is 657. The highest BCUT2D eigenvalue weighted by Gasteiger charge is 2.11. The summed E-state index contributed by atoms with van der Waals surface area (Å²) in [6.07, 6.45) is 0. The summed E-state index contributed by atoms with van der Waals surface area (Å²) in [5.41, 5.74) is 0.0430. The van der Waals surface area contributed by atoms with Gasteiger partial charge < -0.3 is 15.4 Å². The van der Waals surface area contributed by atoms with Gasteiger partial charge in [-0.1, -0.05) is 18.2 Å². The van der Waals surface area contributed by atoms with Crippen molar-refractivity contribution in [1.82, 2.24) is 5.32 Å². The van der Waals surface area contributed by atoms with Gasteiger partial charge in [-0.15, -0.1) is 0 Å². The summed E-state index contributed by atoms with van der Waals surface area (Å²) >= 11 is 0. The summed E-state index contributed by atoms with van der Waals surface area (Å²) in [7, 11) is 0. The van der Waals surface area contributed by atoms with E-state index in [0.717, 1.165) is 12.1 Å². The molecule has 2 amide bonds. The molecule has 122 valence electrons. The average molecular weight is 328 g/mol. The molecule has 0 heterocycles. The number of anilines is 1. The average Bonchev–Trinajstić information content (AvgIpc) is 2.50. The first-order valence-electron chi connectivity index (χ1n) is 6.48. The standard InChI is InChI=1S/C15H12F4N2O2/c16-11-2-1-3-12(17)13(11)21-15(22)20-8-9-4-6-10(7-5-9)23-14(18)19/h1-7,14H,8H2,(H2,20,21,22). The quantitative estimate of drug-likeness (QED) is 0.818. The van der Waals surface area contributed by atoms with E-state index in [1.807, 2.05) is 0 Å². The summed E-state index contributed by atoms with van der Waals surface area (Å²) in [6.45, 7) is -2.88. The van der Waals surface area contributed by atoms with E-state index >= 15 is 0 Å². The van der Waals surface area contributed by atoms with E-state index in [1.54, 1.807) is 0 Å². The number of ether oxygens (including phenoxy) is 1. The number of urea groups is 1. The summed E-state index contributed by atoms with van der Waals surface area (Å²) in [5.74, 6) is -1.80. The highest BCUT2D eigenvalue weighted by atomic mass is 19.3. The van der Waals surface area contributed by atoms with Crippen molar-refractivity contribution in [2.45, 2.75) is 13.2 Å². The van der Waals surface area contributed by atoms with Gasteiger partial charge in [0.15, 0.2) is 0 Å². The summed E-state index contributed by atoms with van der Waals surface area (Å²) < 4.78 is 54.9. The summed E-state index contributed by atoms with van der Waals surface area (Å²) in [6, 6.07) is 7.98. The lowest BCUT2D eigenvalue weighted by molar-refractivity contribution is -0.0498. The van der Waals surface area contributed by atoms with Crippen molar-refractivity contribution in [2.24, 2.45) is 0 Å². The zero-order chi connectivity index (χ0) is 16.8. The fraction of sp³-hybridized carbons (Fsp3) is 0.133. The Balaban J connectivity index is 1.89. The number of benzene rings is 2. The van der Waals surface area contributed by atoms with Crippen molar-refractivity contribution in [3.63, 3.8) is 0 Å². The monoisotopic (exact) mass is 328 g/mol. The number of amides is 2. The SMILES string of the molecule is O=C(NCc1ccc(OC(F)F)cc1)Nc1c(F)cccc1F. The molecule has 4 nitrogen and oxygen atoms in total. The number of para-hydroxylation sites is 1. The maximum Gasteiger partial charge on any atom is 0.387 e. The van der Waals surface area contributed by atoms with Gasteiger partial charge in [0.25, 0.3) is 0 Å². The highest BCUT2D eigenvalue weighted by molar-refractivity contribution is 5.89. The predicted octanol–water partition coefficient (Wildman–Crippen LogP) is 3.89. The van der Waals surface area contributed by atoms with E-state index in [1.165, 1.54) is 30.3 Å². The van der Waals surface area contributed by atoms with Gasteiger partial charge in [0.2, 0.25) is 0 Å². The normalized spacial score (nSPS) is 10.5. The first-order chi connectivity index (χ1) is 11.0. The van der Waals surface area contributed by atoms with Crippen LogP contribution in [0.1, 0.15) is 5.56 Å². The topological polar surface area (TPSA) is 50.4 Å². The van der Waals surface area contributed by atoms with Gasteiger partial charge in [-0.05, 0) is 29.8 Å². The molecule has 0 aliphatic heterocycles. The molecule has 0 aliphatic rings. The van der Waals surface area contributed by atoms with Gasteiger partial charge in [-0.25, -0.2) is 13.6 Å². The third-order valence-electron chi connectivity index (χ3n) is 2.80. The van der Waals surface area contributed by atoms with Crippen molar-refractivity contribution in [2.75, 3.05) is 5.32 Å². The van der Waals surface area contributed by atoms with Crippen LogP contribution in [0.5, 0.6) is 5.75 Å². The molecule has 0 atom stereocenters. The lowest BCUT2D eigenvalue weighted by Crippen LogP contribution is -2.29. The molecule has 2 N–H and O–H groups in total.